The number of ether oxygens (including phenoxy) is 1. The van der Waals surface area contributed by atoms with Gasteiger partial charge in [-0.3, -0.25) is 0 Å². The van der Waals surface area contributed by atoms with Crippen molar-refractivity contribution in [1.29, 1.82) is 0 Å². The summed E-state index contributed by atoms with van der Waals surface area (Å²) in [7, 11) is 1.58. The Morgan fingerprint density at radius 1 is 1.35 bits per heavy atom. The van der Waals surface area contributed by atoms with Crippen molar-refractivity contribution in [2.75, 3.05) is 12.8 Å². The predicted octanol–water partition coefficient (Wildman–Crippen LogP) is 2.60. The van der Waals surface area contributed by atoms with Crippen LogP contribution in [0.3, 0.4) is 0 Å². The van der Waals surface area contributed by atoms with Gasteiger partial charge in [-0.15, -0.1) is 11.3 Å². The highest BCUT2D eigenvalue weighted by molar-refractivity contribution is 7.16. The number of hydrogen-bond acceptors (Lipinski definition) is 5. The molecule has 0 unspecified atom stereocenters. The number of hydrogen-bond donors (Lipinski definition) is 1. The molecule has 86 valence electrons. The second kappa shape index (κ2) is 3.49. The highest BCUT2D eigenvalue weighted by atomic mass is 32.1. The van der Waals surface area contributed by atoms with E-state index in [1.165, 1.54) is 11.3 Å². The van der Waals surface area contributed by atoms with Crippen molar-refractivity contribution < 1.29 is 9.15 Å². The first-order chi connectivity index (χ1) is 8.22. The third kappa shape index (κ3) is 1.32. The number of rotatable bonds is 1. The van der Waals surface area contributed by atoms with Crippen LogP contribution in [0, 0.1) is 0 Å². The summed E-state index contributed by atoms with van der Waals surface area (Å²) < 4.78 is 10.5. The molecule has 0 aliphatic heterocycles. The fourth-order valence-electron chi connectivity index (χ4n) is 1.95. The number of anilines is 1. The molecule has 0 spiro atoms. The summed E-state index contributed by atoms with van der Waals surface area (Å²) >= 11 is 1.33. The molecule has 0 bridgehead atoms. The maximum absolute atomic E-state index is 11.8. The zero-order valence-electron chi connectivity index (χ0n) is 9.02. The largest absolute Gasteiger partial charge is 0.496 e. The van der Waals surface area contributed by atoms with Crippen LogP contribution >= 0.6 is 11.3 Å². The summed E-state index contributed by atoms with van der Waals surface area (Å²) in [4.78, 5) is 11.8. The number of thiophene rings is 1. The van der Waals surface area contributed by atoms with Crippen LogP contribution in [0.4, 0.5) is 5.00 Å². The van der Waals surface area contributed by atoms with Gasteiger partial charge < -0.3 is 14.9 Å². The number of nitrogens with two attached hydrogens (primary N) is 1. The Labute approximate surface area is 100 Å². The van der Waals surface area contributed by atoms with Gasteiger partial charge in [0, 0.05) is 10.8 Å². The Kier molecular flexibility index (Phi) is 2.09. The van der Waals surface area contributed by atoms with Crippen molar-refractivity contribution in [3.05, 3.63) is 34.0 Å². The van der Waals surface area contributed by atoms with Crippen molar-refractivity contribution in [3.8, 4) is 5.75 Å². The molecule has 3 aromatic rings. The highest BCUT2D eigenvalue weighted by Crippen LogP contribution is 2.35. The monoisotopic (exact) mass is 247 g/mol. The number of nitrogen functional groups attached to an aromatic ring is 1. The van der Waals surface area contributed by atoms with Crippen LogP contribution in [0.2, 0.25) is 0 Å². The van der Waals surface area contributed by atoms with Gasteiger partial charge in [-0.2, -0.15) is 0 Å². The zero-order valence-corrected chi connectivity index (χ0v) is 9.84. The molecule has 5 heteroatoms. The van der Waals surface area contributed by atoms with Gasteiger partial charge in [-0.05, 0) is 12.1 Å². The van der Waals surface area contributed by atoms with Crippen LogP contribution in [0.15, 0.2) is 32.8 Å². The average Bonchev–Trinajstić information content (AvgIpc) is 2.71. The second-order valence-corrected chi connectivity index (χ2v) is 4.52. The van der Waals surface area contributed by atoms with E-state index < -0.39 is 5.63 Å². The minimum Gasteiger partial charge on any atom is -0.496 e. The minimum atomic E-state index is -0.403. The van der Waals surface area contributed by atoms with Gasteiger partial charge in [0.05, 0.1) is 12.5 Å². The Hall–Kier alpha value is -2.01. The van der Waals surface area contributed by atoms with Crippen molar-refractivity contribution in [3.63, 3.8) is 0 Å². The van der Waals surface area contributed by atoms with Gasteiger partial charge >= 0.3 is 5.63 Å². The maximum atomic E-state index is 11.8. The molecular formula is C12H9NO3S. The predicted molar refractivity (Wildman–Crippen MR) is 68.8 cm³/mol. The van der Waals surface area contributed by atoms with Gasteiger partial charge in [0.1, 0.15) is 21.7 Å². The van der Waals surface area contributed by atoms with Crippen LogP contribution in [0.5, 0.6) is 5.75 Å². The first kappa shape index (κ1) is 10.2. The molecule has 0 aliphatic carbocycles. The lowest BCUT2D eigenvalue weighted by Gasteiger charge is -2.04. The normalized spacial score (nSPS) is 11.1. The van der Waals surface area contributed by atoms with Crippen LogP contribution < -0.4 is 16.1 Å². The summed E-state index contributed by atoms with van der Waals surface area (Å²) in [6.45, 7) is 0. The molecule has 2 N–H and O–H groups in total. The summed E-state index contributed by atoms with van der Waals surface area (Å²) in [6.07, 6.45) is 0. The lowest BCUT2D eigenvalue weighted by Crippen LogP contribution is -2.00. The standard InChI is InChI=1S/C12H9NO3S/c1-15-7-3-2-4-8-9(7)6-5-17-11(13)10(6)12(14)16-8/h2-5H,13H2,1H3. The highest BCUT2D eigenvalue weighted by Gasteiger charge is 2.14. The quantitative estimate of drug-likeness (QED) is 0.671. The summed E-state index contributed by atoms with van der Waals surface area (Å²) in [5.41, 5.74) is 5.89. The molecule has 1 aromatic carbocycles. The Bertz CT molecular complexity index is 772. The lowest BCUT2D eigenvalue weighted by atomic mass is 10.1. The first-order valence-electron chi connectivity index (χ1n) is 4.99. The van der Waals surface area contributed by atoms with E-state index in [4.69, 9.17) is 14.9 Å². The van der Waals surface area contributed by atoms with Gasteiger partial charge in [-0.25, -0.2) is 4.79 Å². The van der Waals surface area contributed by atoms with Crippen LogP contribution in [0.1, 0.15) is 0 Å². The molecule has 0 fully saturated rings. The van der Waals surface area contributed by atoms with Crippen LogP contribution in [0.25, 0.3) is 21.7 Å². The summed E-state index contributed by atoms with van der Waals surface area (Å²) in [5, 5.41) is 4.34. The van der Waals surface area contributed by atoms with E-state index in [1.54, 1.807) is 19.2 Å². The number of methoxy groups -OCH3 is 1. The average molecular weight is 247 g/mol. The fraction of sp³-hybridized carbons (Fsp3) is 0.0833. The molecule has 4 nitrogen and oxygen atoms in total. The topological polar surface area (TPSA) is 65.5 Å². The molecule has 0 aliphatic rings. The van der Waals surface area contributed by atoms with Crippen molar-refractivity contribution in [2.24, 2.45) is 0 Å². The smallest absolute Gasteiger partial charge is 0.347 e. The third-order valence-corrected chi connectivity index (χ3v) is 3.52. The van der Waals surface area contributed by atoms with Crippen molar-refractivity contribution >= 4 is 38.1 Å². The molecule has 2 aromatic heterocycles. The van der Waals surface area contributed by atoms with E-state index in [-0.39, 0.29) is 0 Å². The third-order valence-electron chi connectivity index (χ3n) is 2.70. The summed E-state index contributed by atoms with van der Waals surface area (Å²) in [5.74, 6) is 0.675. The molecule has 0 atom stereocenters. The minimum absolute atomic E-state index is 0.403. The first-order valence-corrected chi connectivity index (χ1v) is 5.87. The molecule has 0 saturated carbocycles. The van der Waals surface area contributed by atoms with Gasteiger partial charge in [-0.1, -0.05) is 6.07 Å². The van der Waals surface area contributed by atoms with Gasteiger partial charge in [0.15, 0.2) is 0 Å². The number of benzene rings is 1. The van der Waals surface area contributed by atoms with E-state index in [0.29, 0.717) is 21.7 Å². The van der Waals surface area contributed by atoms with E-state index >= 15 is 0 Å². The molecule has 3 rings (SSSR count). The van der Waals surface area contributed by atoms with Crippen molar-refractivity contribution in [1.82, 2.24) is 0 Å². The zero-order chi connectivity index (χ0) is 12.0. The molecule has 2 heterocycles. The Balaban J connectivity index is 2.66. The number of fused-ring (bicyclic) bond motifs is 3. The van der Waals surface area contributed by atoms with Crippen LogP contribution in [-0.2, 0) is 0 Å². The Morgan fingerprint density at radius 2 is 2.18 bits per heavy atom. The molecular weight excluding hydrogens is 238 g/mol. The van der Waals surface area contributed by atoms with Crippen LogP contribution in [-0.4, -0.2) is 7.11 Å². The van der Waals surface area contributed by atoms with E-state index in [9.17, 15) is 4.79 Å². The van der Waals surface area contributed by atoms with E-state index in [0.717, 1.165) is 10.8 Å². The van der Waals surface area contributed by atoms with Gasteiger partial charge in [0.2, 0.25) is 0 Å². The Morgan fingerprint density at radius 3 is 2.94 bits per heavy atom. The molecule has 0 radical (unpaired) electrons. The van der Waals surface area contributed by atoms with Gasteiger partial charge in [0.25, 0.3) is 0 Å². The summed E-state index contributed by atoms with van der Waals surface area (Å²) in [6, 6.07) is 5.36. The molecule has 0 amide bonds. The fourth-order valence-corrected chi connectivity index (χ4v) is 2.74. The maximum Gasteiger partial charge on any atom is 0.347 e. The SMILES string of the molecule is COc1cccc2oc(=O)c3c(N)scc3c12. The van der Waals surface area contributed by atoms with Crippen molar-refractivity contribution in [2.45, 2.75) is 0 Å². The second-order valence-electron chi connectivity index (χ2n) is 3.61. The van der Waals surface area contributed by atoms with E-state index in [2.05, 4.69) is 0 Å². The molecule has 17 heavy (non-hydrogen) atoms. The molecule has 0 saturated heterocycles. The van der Waals surface area contributed by atoms with E-state index in [1.807, 2.05) is 11.4 Å². The lowest BCUT2D eigenvalue weighted by molar-refractivity contribution is 0.419.